The third-order valence-corrected chi connectivity index (χ3v) is 3.12. The van der Waals surface area contributed by atoms with Crippen molar-refractivity contribution in [3.05, 3.63) is 60.7 Å². The van der Waals surface area contributed by atoms with Gasteiger partial charge in [0.15, 0.2) is 0 Å². The summed E-state index contributed by atoms with van der Waals surface area (Å²) in [5.41, 5.74) is 1.02. The van der Waals surface area contributed by atoms with E-state index < -0.39 is 0 Å². The van der Waals surface area contributed by atoms with E-state index in [2.05, 4.69) is 11.9 Å². The van der Waals surface area contributed by atoms with Gasteiger partial charge < -0.3 is 19.5 Å². The largest absolute Gasteiger partial charge is 0.497 e. The predicted octanol–water partition coefficient (Wildman–Crippen LogP) is 3.52. The minimum atomic E-state index is -0.263. The quantitative estimate of drug-likeness (QED) is 0.795. The van der Waals surface area contributed by atoms with Gasteiger partial charge in [0.1, 0.15) is 23.9 Å². The lowest BCUT2D eigenvalue weighted by atomic mass is 10.2. The molecule has 0 atom stereocenters. The van der Waals surface area contributed by atoms with Crippen LogP contribution in [0.5, 0.6) is 17.2 Å². The number of anilines is 1. The number of hydrogen-bond donors (Lipinski definition) is 1. The van der Waals surface area contributed by atoms with Gasteiger partial charge in [-0.2, -0.15) is 0 Å². The summed E-state index contributed by atoms with van der Waals surface area (Å²) >= 11 is 0. The molecule has 0 radical (unpaired) electrons. The highest BCUT2D eigenvalue weighted by Crippen LogP contribution is 2.29. The molecular weight excluding hydrogens is 294 g/mol. The van der Waals surface area contributed by atoms with Crippen LogP contribution in [0.25, 0.3) is 0 Å². The van der Waals surface area contributed by atoms with E-state index in [0.717, 1.165) is 0 Å². The molecule has 0 aromatic heterocycles. The summed E-state index contributed by atoms with van der Waals surface area (Å²) in [5.74, 6) is 1.53. The fourth-order valence-corrected chi connectivity index (χ4v) is 1.99. The van der Waals surface area contributed by atoms with Crippen LogP contribution in [0.2, 0.25) is 0 Å². The molecule has 0 fully saturated rings. The molecule has 23 heavy (non-hydrogen) atoms. The molecule has 0 aliphatic carbocycles. The summed E-state index contributed by atoms with van der Waals surface area (Å²) in [6, 6.07) is 12.1. The molecule has 0 saturated heterocycles. The van der Waals surface area contributed by atoms with E-state index in [1.54, 1.807) is 62.8 Å². The van der Waals surface area contributed by atoms with Gasteiger partial charge in [0, 0.05) is 11.6 Å². The van der Waals surface area contributed by atoms with Crippen molar-refractivity contribution in [2.45, 2.75) is 0 Å². The molecular formula is C18H19NO4. The first-order chi connectivity index (χ1) is 11.2. The van der Waals surface area contributed by atoms with Crippen LogP contribution in [-0.4, -0.2) is 26.7 Å². The number of carbonyl (C=O) groups excluding carboxylic acids is 1. The van der Waals surface area contributed by atoms with Crippen LogP contribution in [0.3, 0.4) is 0 Å². The molecule has 2 rings (SSSR count). The maximum atomic E-state index is 12.4. The lowest BCUT2D eigenvalue weighted by Gasteiger charge is -2.12. The predicted molar refractivity (Wildman–Crippen MR) is 89.6 cm³/mol. The number of hydrogen-bond acceptors (Lipinski definition) is 4. The molecule has 5 heteroatoms. The third kappa shape index (κ3) is 4.26. The van der Waals surface area contributed by atoms with Gasteiger partial charge in [-0.1, -0.05) is 18.7 Å². The molecule has 2 aromatic rings. The highest BCUT2D eigenvalue weighted by atomic mass is 16.5. The molecule has 0 aliphatic rings. The number of amides is 1. The van der Waals surface area contributed by atoms with E-state index in [1.807, 2.05) is 0 Å². The summed E-state index contributed by atoms with van der Waals surface area (Å²) in [7, 11) is 3.11. The highest BCUT2D eigenvalue weighted by Gasteiger charge is 2.11. The van der Waals surface area contributed by atoms with Gasteiger partial charge in [0.25, 0.3) is 5.91 Å². The summed E-state index contributed by atoms with van der Waals surface area (Å²) in [6.45, 7) is 3.98. The van der Waals surface area contributed by atoms with Crippen LogP contribution in [0.4, 0.5) is 5.69 Å². The van der Waals surface area contributed by atoms with Crippen LogP contribution in [0, 0.1) is 0 Å². The first-order valence-electron chi connectivity index (χ1n) is 7.05. The molecule has 0 heterocycles. The van der Waals surface area contributed by atoms with Gasteiger partial charge in [-0.05, 0) is 30.3 Å². The number of methoxy groups -OCH3 is 2. The average molecular weight is 313 g/mol. The molecule has 2 aromatic carbocycles. The van der Waals surface area contributed by atoms with E-state index >= 15 is 0 Å². The van der Waals surface area contributed by atoms with Gasteiger partial charge in [-0.3, -0.25) is 4.79 Å². The Morgan fingerprint density at radius 3 is 2.65 bits per heavy atom. The molecule has 0 saturated carbocycles. The first kappa shape index (κ1) is 16.4. The maximum Gasteiger partial charge on any atom is 0.255 e. The molecule has 0 spiro atoms. The molecule has 1 amide bonds. The second kappa shape index (κ2) is 7.89. The summed E-state index contributed by atoms with van der Waals surface area (Å²) in [5, 5.41) is 2.82. The van der Waals surface area contributed by atoms with Crippen LogP contribution in [0.1, 0.15) is 10.4 Å². The molecule has 1 N–H and O–H groups in total. The number of carbonyl (C=O) groups is 1. The third-order valence-electron chi connectivity index (χ3n) is 3.12. The molecule has 5 nitrogen and oxygen atoms in total. The lowest BCUT2D eigenvalue weighted by Crippen LogP contribution is -2.13. The van der Waals surface area contributed by atoms with Crippen molar-refractivity contribution in [3.63, 3.8) is 0 Å². The Balaban J connectivity index is 2.20. The van der Waals surface area contributed by atoms with E-state index in [9.17, 15) is 4.79 Å². The average Bonchev–Trinajstić information content (AvgIpc) is 2.60. The second-order valence-corrected chi connectivity index (χ2v) is 4.65. The summed E-state index contributed by atoms with van der Waals surface area (Å²) in [4.78, 5) is 12.4. The first-order valence-corrected chi connectivity index (χ1v) is 7.05. The maximum absolute atomic E-state index is 12.4. The highest BCUT2D eigenvalue weighted by molar-refractivity contribution is 6.05. The van der Waals surface area contributed by atoms with Crippen molar-refractivity contribution in [1.82, 2.24) is 0 Å². The zero-order chi connectivity index (χ0) is 16.7. The Bertz CT molecular complexity index is 697. The molecule has 0 unspecified atom stereocenters. The molecule has 0 bridgehead atoms. The Morgan fingerprint density at radius 2 is 1.96 bits per heavy atom. The van der Waals surface area contributed by atoms with Crippen molar-refractivity contribution in [3.8, 4) is 17.2 Å². The number of ether oxygens (including phenoxy) is 3. The van der Waals surface area contributed by atoms with Crippen molar-refractivity contribution in [1.29, 1.82) is 0 Å². The van der Waals surface area contributed by atoms with Gasteiger partial charge >= 0.3 is 0 Å². The van der Waals surface area contributed by atoms with E-state index in [-0.39, 0.29) is 5.91 Å². The fraction of sp³-hybridized carbons (Fsp3) is 0.167. The van der Waals surface area contributed by atoms with Crippen LogP contribution < -0.4 is 19.5 Å². The number of benzene rings is 2. The van der Waals surface area contributed by atoms with Gasteiger partial charge in [-0.25, -0.2) is 0 Å². The van der Waals surface area contributed by atoms with Crippen LogP contribution in [0.15, 0.2) is 55.1 Å². The van der Waals surface area contributed by atoms with Gasteiger partial charge in [0.2, 0.25) is 0 Å². The number of rotatable bonds is 7. The topological polar surface area (TPSA) is 56.8 Å². The Labute approximate surface area is 135 Å². The number of nitrogens with one attached hydrogen (secondary N) is 1. The van der Waals surface area contributed by atoms with Crippen molar-refractivity contribution in [2.75, 3.05) is 26.1 Å². The normalized spacial score (nSPS) is 9.83. The van der Waals surface area contributed by atoms with Gasteiger partial charge in [0.05, 0.1) is 19.9 Å². The standard InChI is InChI=1S/C18H19NO4/c1-4-10-23-15-7-5-6-13(11-15)18(20)19-16-12-14(21-2)8-9-17(16)22-3/h4-9,11-12H,1,10H2,2-3H3,(H,19,20). The van der Waals surface area contributed by atoms with Crippen molar-refractivity contribution < 1.29 is 19.0 Å². The molecule has 120 valence electrons. The fourth-order valence-electron chi connectivity index (χ4n) is 1.99. The monoisotopic (exact) mass is 313 g/mol. The zero-order valence-corrected chi connectivity index (χ0v) is 13.2. The van der Waals surface area contributed by atoms with E-state index in [4.69, 9.17) is 14.2 Å². The second-order valence-electron chi connectivity index (χ2n) is 4.65. The van der Waals surface area contributed by atoms with E-state index in [0.29, 0.717) is 35.1 Å². The molecule has 0 aliphatic heterocycles. The van der Waals surface area contributed by atoms with Crippen molar-refractivity contribution in [2.24, 2.45) is 0 Å². The summed E-state index contributed by atoms with van der Waals surface area (Å²) in [6.07, 6.45) is 1.65. The minimum Gasteiger partial charge on any atom is -0.497 e. The summed E-state index contributed by atoms with van der Waals surface area (Å²) < 4.78 is 15.9. The zero-order valence-electron chi connectivity index (χ0n) is 13.2. The van der Waals surface area contributed by atoms with Crippen LogP contribution >= 0.6 is 0 Å². The van der Waals surface area contributed by atoms with Gasteiger partial charge in [-0.15, -0.1) is 0 Å². The Hall–Kier alpha value is -2.95. The SMILES string of the molecule is C=CCOc1cccc(C(=O)Nc2cc(OC)ccc2OC)c1. The van der Waals surface area contributed by atoms with Crippen molar-refractivity contribution >= 4 is 11.6 Å². The Morgan fingerprint density at radius 1 is 1.13 bits per heavy atom. The lowest BCUT2D eigenvalue weighted by molar-refractivity contribution is 0.102. The van der Waals surface area contributed by atoms with Crippen LogP contribution in [-0.2, 0) is 0 Å². The Kier molecular flexibility index (Phi) is 5.63. The minimum absolute atomic E-state index is 0.263. The van der Waals surface area contributed by atoms with E-state index in [1.165, 1.54) is 0 Å². The smallest absolute Gasteiger partial charge is 0.255 e.